The number of fused-ring (bicyclic) bond motifs is 16. The first-order valence-corrected chi connectivity index (χ1v) is 25.4. The molecule has 0 unspecified atom stereocenters. The Labute approximate surface area is 434 Å². The summed E-state index contributed by atoms with van der Waals surface area (Å²) in [4.78, 5) is 4.32. The fourth-order valence-corrected chi connectivity index (χ4v) is 11.9. The fraction of sp³-hybridized carbons (Fsp3) is 0.0286. The van der Waals surface area contributed by atoms with Gasteiger partial charge in [-0.3, -0.25) is 5.41 Å². The minimum absolute atomic E-state index is 0.0991. The van der Waals surface area contributed by atoms with Gasteiger partial charge in [0, 0.05) is 32.7 Å². The summed E-state index contributed by atoms with van der Waals surface area (Å²) in [7, 11) is 0. The molecule has 2 aromatic heterocycles. The molecule has 0 radical (unpaired) electrons. The van der Waals surface area contributed by atoms with E-state index in [2.05, 4.69) is 176 Å². The molecule has 13 aromatic rings. The van der Waals surface area contributed by atoms with Crippen molar-refractivity contribution in [1.29, 1.82) is 5.41 Å². The Morgan fingerprint density at radius 2 is 0.853 bits per heavy atom. The second kappa shape index (κ2) is 17.4. The molecule has 0 amide bonds. The van der Waals surface area contributed by atoms with Gasteiger partial charge < -0.3 is 14.6 Å². The summed E-state index contributed by atoms with van der Waals surface area (Å²) in [6, 6.07) is 87.5. The third-order valence-corrected chi connectivity index (χ3v) is 15.4. The largest absolute Gasteiger partial charge is 0.456 e. The number of aliphatic imine (C=N–C) groups is 1. The van der Waals surface area contributed by atoms with Crippen LogP contribution in [0.5, 0.6) is 0 Å². The van der Waals surface area contributed by atoms with Crippen LogP contribution in [-0.2, 0) is 5.41 Å². The van der Waals surface area contributed by atoms with Gasteiger partial charge in [0.2, 0.25) is 0 Å². The maximum atomic E-state index is 8.39. The van der Waals surface area contributed by atoms with Crippen molar-refractivity contribution in [3.8, 4) is 55.6 Å². The summed E-state index contributed by atoms with van der Waals surface area (Å²) in [6.45, 7) is 2.15. The zero-order valence-corrected chi connectivity index (χ0v) is 41.0. The first-order valence-electron chi connectivity index (χ1n) is 25.4. The number of nitrogens with one attached hydrogen (secondary N) is 1. The third-order valence-electron chi connectivity index (χ3n) is 15.4. The van der Waals surface area contributed by atoms with E-state index in [1.165, 1.54) is 83.1 Å². The number of hydrogen-bond donors (Lipinski definition) is 2. The highest BCUT2D eigenvalue weighted by molar-refractivity contribution is 6.13. The van der Waals surface area contributed by atoms with Crippen LogP contribution in [0, 0.1) is 12.3 Å². The highest BCUT2D eigenvalue weighted by Crippen LogP contribution is 2.63. The normalized spacial score (nSPS) is 12.9. The van der Waals surface area contributed by atoms with Crippen molar-refractivity contribution in [2.24, 2.45) is 10.7 Å². The van der Waals surface area contributed by atoms with Crippen LogP contribution in [0.3, 0.4) is 0 Å². The molecule has 2 aliphatic rings. The van der Waals surface area contributed by atoms with Crippen molar-refractivity contribution >= 4 is 55.5 Å². The van der Waals surface area contributed by atoms with Gasteiger partial charge in [-0.2, -0.15) is 0 Å². The van der Waals surface area contributed by atoms with Crippen LogP contribution < -0.4 is 5.73 Å². The van der Waals surface area contributed by atoms with Crippen LogP contribution in [-0.4, -0.2) is 11.7 Å². The molecular formula is C70H47N3O2. The average molecular weight is 962 g/mol. The molecule has 354 valence electrons. The molecule has 3 N–H and O–H groups in total. The van der Waals surface area contributed by atoms with Gasteiger partial charge in [-0.05, 0) is 133 Å². The molecule has 2 aliphatic carbocycles. The third kappa shape index (κ3) is 7.08. The monoisotopic (exact) mass is 961 g/mol. The topological polar surface area (TPSA) is 88.5 Å². The number of rotatable bonds is 5. The summed E-state index contributed by atoms with van der Waals surface area (Å²) < 4.78 is 12.1. The van der Waals surface area contributed by atoms with Gasteiger partial charge in [0.05, 0.1) is 5.41 Å². The van der Waals surface area contributed by atoms with Crippen molar-refractivity contribution in [2.45, 2.75) is 12.3 Å². The first-order chi connectivity index (χ1) is 36.9. The van der Waals surface area contributed by atoms with E-state index in [-0.39, 0.29) is 11.3 Å². The highest BCUT2D eigenvalue weighted by Gasteiger charge is 2.51. The Morgan fingerprint density at radius 1 is 0.373 bits per heavy atom. The maximum Gasteiger partial charge on any atom is 0.154 e. The van der Waals surface area contributed by atoms with Gasteiger partial charge in [-0.15, -0.1) is 0 Å². The standard InChI is InChI=1S/C44H28O.C26H19N3O/c1-27-9-8-16-42-43(27)36-25-30(22-24-41(36)45-42)28-17-19-29(20-18-28)31-21-23-35-34-12-4-7-15-39(34)44(40(35)26-31)37-13-5-2-10-32(37)33-11-3-6-14-38(33)44;27-25(19-12-10-18(11-13-19)17-6-2-1-3-7-17)29-26(28)20-14-15-22-21-8-4-5-9-23(21)30-24(22)16-20/h2-26H,1H3;1-16H,(H3,27,28,29). The van der Waals surface area contributed by atoms with Gasteiger partial charge in [0.25, 0.3) is 0 Å². The lowest BCUT2D eigenvalue weighted by atomic mass is 9.70. The average Bonchev–Trinajstić information content (AvgIpc) is 4.36. The van der Waals surface area contributed by atoms with E-state index in [0.717, 1.165) is 49.8 Å². The summed E-state index contributed by atoms with van der Waals surface area (Å²) in [5.41, 5.74) is 29.9. The molecule has 1 spiro atoms. The summed E-state index contributed by atoms with van der Waals surface area (Å²) in [5, 5.41) is 12.8. The fourth-order valence-electron chi connectivity index (χ4n) is 11.9. The van der Waals surface area contributed by atoms with Gasteiger partial charge >= 0.3 is 0 Å². The van der Waals surface area contributed by atoms with E-state index in [4.69, 9.17) is 20.0 Å². The van der Waals surface area contributed by atoms with E-state index >= 15 is 0 Å². The Kier molecular flexibility index (Phi) is 10.2. The number of para-hydroxylation sites is 1. The highest BCUT2D eigenvalue weighted by atomic mass is 16.3. The van der Waals surface area contributed by atoms with Crippen LogP contribution in [0.2, 0.25) is 0 Å². The minimum atomic E-state index is -0.323. The minimum Gasteiger partial charge on any atom is -0.456 e. The van der Waals surface area contributed by atoms with E-state index in [9.17, 15) is 0 Å². The van der Waals surface area contributed by atoms with E-state index in [1.807, 2.05) is 84.9 Å². The molecule has 5 nitrogen and oxygen atoms in total. The molecule has 75 heavy (non-hydrogen) atoms. The van der Waals surface area contributed by atoms with E-state index in [0.29, 0.717) is 11.4 Å². The van der Waals surface area contributed by atoms with Crippen molar-refractivity contribution in [1.82, 2.24) is 0 Å². The molecule has 0 saturated carbocycles. The zero-order chi connectivity index (χ0) is 50.2. The molecule has 5 heteroatoms. The Bertz CT molecular complexity index is 4380. The Balaban J connectivity index is 0.000000150. The Morgan fingerprint density at radius 3 is 1.55 bits per heavy atom. The van der Waals surface area contributed by atoms with Crippen LogP contribution in [0.1, 0.15) is 38.9 Å². The second-order valence-electron chi connectivity index (χ2n) is 19.6. The summed E-state index contributed by atoms with van der Waals surface area (Å²) in [5.74, 6) is 0.409. The molecule has 0 saturated heterocycles. The molecular weight excluding hydrogens is 915 g/mol. The maximum absolute atomic E-state index is 8.39. The predicted molar refractivity (Wildman–Crippen MR) is 309 cm³/mol. The quantitative estimate of drug-likeness (QED) is 0.133. The molecule has 0 aliphatic heterocycles. The molecule has 0 fully saturated rings. The zero-order valence-electron chi connectivity index (χ0n) is 41.0. The van der Waals surface area contributed by atoms with Crippen LogP contribution >= 0.6 is 0 Å². The predicted octanol–water partition coefficient (Wildman–Crippen LogP) is 17.6. The molecule has 0 bridgehead atoms. The number of amidine groups is 2. The van der Waals surface area contributed by atoms with Crippen molar-refractivity contribution < 1.29 is 8.83 Å². The van der Waals surface area contributed by atoms with Crippen LogP contribution in [0.4, 0.5) is 0 Å². The van der Waals surface area contributed by atoms with E-state index < -0.39 is 0 Å². The van der Waals surface area contributed by atoms with Gasteiger partial charge in [0.1, 0.15) is 28.2 Å². The number of nitrogens with zero attached hydrogens (tertiary/aromatic N) is 1. The number of hydrogen-bond acceptors (Lipinski definition) is 3. The smallest absolute Gasteiger partial charge is 0.154 e. The summed E-state index contributed by atoms with van der Waals surface area (Å²) >= 11 is 0. The second-order valence-corrected chi connectivity index (χ2v) is 19.6. The van der Waals surface area contributed by atoms with Crippen LogP contribution in [0.15, 0.2) is 263 Å². The van der Waals surface area contributed by atoms with E-state index in [1.54, 1.807) is 0 Å². The molecule has 15 rings (SSSR count). The summed E-state index contributed by atoms with van der Waals surface area (Å²) in [6.07, 6.45) is 0. The van der Waals surface area contributed by atoms with Crippen molar-refractivity contribution in [2.75, 3.05) is 0 Å². The number of furan rings is 2. The number of aryl methyl sites for hydroxylation is 1. The Hall–Kier alpha value is -9.84. The lowest BCUT2D eigenvalue weighted by Gasteiger charge is -2.30. The van der Waals surface area contributed by atoms with Gasteiger partial charge in [-0.1, -0.05) is 206 Å². The van der Waals surface area contributed by atoms with Crippen LogP contribution in [0.25, 0.3) is 99.5 Å². The lowest BCUT2D eigenvalue weighted by Crippen LogP contribution is -2.25. The van der Waals surface area contributed by atoms with Crippen molar-refractivity contribution in [3.63, 3.8) is 0 Å². The molecule has 2 heterocycles. The van der Waals surface area contributed by atoms with Gasteiger partial charge in [0.15, 0.2) is 5.84 Å². The van der Waals surface area contributed by atoms with Crippen molar-refractivity contribution in [3.05, 3.63) is 288 Å². The number of nitrogens with two attached hydrogens (primary N) is 1. The van der Waals surface area contributed by atoms with Gasteiger partial charge in [-0.25, -0.2) is 4.99 Å². The molecule has 0 atom stereocenters. The SMILES string of the molecule is Cc1cccc2oc3ccc(-c4ccc(-c5ccc6c(c5)C5(c7ccccc7-c7ccccc75)c5ccccc5-6)cc4)cc3c12.N=C(N=C(N)c1ccc(-c2ccccc2)cc1)c1ccc2c(c1)oc1ccccc12. The number of benzene rings is 11. The lowest BCUT2D eigenvalue weighted by molar-refractivity contribution is 0.668. The molecule has 11 aromatic carbocycles. The first kappa shape index (κ1) is 43.9.